The van der Waals surface area contributed by atoms with E-state index < -0.39 is 0 Å². The number of rotatable bonds is 2. The topological polar surface area (TPSA) is 29.3 Å². The highest BCUT2D eigenvalue weighted by Crippen LogP contribution is 2.38. The summed E-state index contributed by atoms with van der Waals surface area (Å²) in [6, 6.07) is 8.62. The Kier molecular flexibility index (Phi) is 3.17. The third-order valence-electron chi connectivity index (χ3n) is 3.87. The van der Waals surface area contributed by atoms with Gasteiger partial charge in [0.25, 0.3) is 0 Å². The lowest BCUT2D eigenvalue weighted by Crippen LogP contribution is -2.52. The number of hydrogen-bond acceptors (Lipinski definition) is 2. The Balaban J connectivity index is 2.11. The lowest BCUT2D eigenvalue weighted by atomic mass is 9.75. The first kappa shape index (κ1) is 12.4. The maximum atomic E-state index is 6.02. The minimum absolute atomic E-state index is 0.111. The molecule has 1 aliphatic rings. The molecule has 0 saturated carbocycles. The predicted octanol–water partition coefficient (Wildman–Crippen LogP) is 3.19. The van der Waals surface area contributed by atoms with Crippen LogP contribution in [0.15, 0.2) is 24.3 Å². The maximum Gasteiger partial charge on any atom is 0.0414 e. The number of para-hydroxylation sites is 1. The van der Waals surface area contributed by atoms with Crippen LogP contribution < -0.4 is 10.6 Å². The highest BCUT2D eigenvalue weighted by atomic mass is 15.2. The van der Waals surface area contributed by atoms with E-state index in [9.17, 15) is 0 Å². The molecule has 1 heterocycles. The van der Waals surface area contributed by atoms with Gasteiger partial charge in [-0.2, -0.15) is 0 Å². The molecule has 1 fully saturated rings. The van der Waals surface area contributed by atoms with Crippen molar-refractivity contribution in [2.24, 2.45) is 17.1 Å². The molecule has 1 aromatic rings. The zero-order valence-corrected chi connectivity index (χ0v) is 11.4. The van der Waals surface area contributed by atoms with Crippen LogP contribution in [-0.2, 0) is 0 Å². The van der Waals surface area contributed by atoms with Crippen LogP contribution in [0.25, 0.3) is 0 Å². The lowest BCUT2D eigenvalue weighted by molar-refractivity contribution is 0.195. The summed E-state index contributed by atoms with van der Waals surface area (Å²) in [7, 11) is 0. The van der Waals surface area contributed by atoms with Crippen molar-refractivity contribution in [3.8, 4) is 0 Å². The van der Waals surface area contributed by atoms with E-state index in [2.05, 4.69) is 56.9 Å². The lowest BCUT2D eigenvalue weighted by Gasteiger charge is -2.48. The van der Waals surface area contributed by atoms with Crippen LogP contribution in [0.1, 0.15) is 39.3 Å². The van der Waals surface area contributed by atoms with Gasteiger partial charge < -0.3 is 10.6 Å². The molecule has 0 spiro atoms. The van der Waals surface area contributed by atoms with E-state index in [4.69, 9.17) is 5.73 Å². The van der Waals surface area contributed by atoms with Crippen molar-refractivity contribution in [2.45, 2.75) is 33.7 Å². The van der Waals surface area contributed by atoms with Crippen molar-refractivity contribution in [1.82, 2.24) is 0 Å². The third kappa shape index (κ3) is 2.47. The van der Waals surface area contributed by atoms with Crippen LogP contribution in [0, 0.1) is 11.3 Å². The minimum Gasteiger partial charge on any atom is -0.371 e. The number of nitrogens with zero attached hydrogens (tertiary/aromatic N) is 1. The summed E-state index contributed by atoms with van der Waals surface area (Å²) >= 11 is 0. The highest BCUT2D eigenvalue weighted by molar-refractivity contribution is 5.56. The van der Waals surface area contributed by atoms with Gasteiger partial charge >= 0.3 is 0 Å². The fraction of sp³-hybridized carbons (Fsp3) is 0.600. The normalized spacial score (nSPS) is 19.0. The van der Waals surface area contributed by atoms with E-state index in [0.717, 1.165) is 19.0 Å². The average molecular weight is 232 g/mol. The summed E-state index contributed by atoms with van der Waals surface area (Å²) in [6.07, 6.45) is 0. The molecule has 0 bridgehead atoms. The van der Waals surface area contributed by atoms with Crippen molar-refractivity contribution in [3.63, 3.8) is 0 Å². The Morgan fingerprint density at radius 1 is 1.24 bits per heavy atom. The number of nitrogens with two attached hydrogens (primary N) is 1. The number of hydrogen-bond donors (Lipinski definition) is 1. The van der Waals surface area contributed by atoms with Crippen LogP contribution in [0.5, 0.6) is 0 Å². The van der Waals surface area contributed by atoms with Gasteiger partial charge in [0.1, 0.15) is 0 Å². The molecule has 0 aromatic heterocycles. The smallest absolute Gasteiger partial charge is 0.0414 e. The Bertz CT molecular complexity index is 384. The molecule has 2 nitrogen and oxygen atoms in total. The van der Waals surface area contributed by atoms with Crippen LogP contribution in [0.4, 0.5) is 5.69 Å². The molecular formula is C15H24N2. The summed E-state index contributed by atoms with van der Waals surface area (Å²) in [5.74, 6) is 0.795. The standard InChI is InChI=1S/C15H24N2/c1-11(16)13-7-5-6-8-14(13)17-9-12(10-17)15(2,3)4/h5-8,11-12H,9-10,16H2,1-4H3. The van der Waals surface area contributed by atoms with E-state index in [-0.39, 0.29) is 6.04 Å². The molecule has 0 amide bonds. The monoisotopic (exact) mass is 232 g/mol. The molecule has 2 rings (SSSR count). The van der Waals surface area contributed by atoms with E-state index >= 15 is 0 Å². The second kappa shape index (κ2) is 4.34. The second-order valence-corrected chi connectivity index (χ2v) is 6.32. The van der Waals surface area contributed by atoms with Crippen LogP contribution >= 0.6 is 0 Å². The summed E-state index contributed by atoms with van der Waals surface area (Å²) in [5, 5.41) is 0. The SMILES string of the molecule is CC(N)c1ccccc1N1CC(C(C)(C)C)C1. The first-order chi connectivity index (χ1) is 7.89. The molecule has 0 aliphatic carbocycles. The fourth-order valence-corrected chi connectivity index (χ4v) is 2.38. The van der Waals surface area contributed by atoms with Gasteiger partial charge in [-0.05, 0) is 29.9 Å². The average Bonchev–Trinajstić information content (AvgIpc) is 2.13. The van der Waals surface area contributed by atoms with E-state index in [0.29, 0.717) is 5.41 Å². The Labute approximate surface area is 105 Å². The van der Waals surface area contributed by atoms with Gasteiger partial charge in [0.15, 0.2) is 0 Å². The molecule has 94 valence electrons. The maximum absolute atomic E-state index is 6.02. The molecule has 1 saturated heterocycles. The Morgan fingerprint density at radius 2 is 1.82 bits per heavy atom. The Hall–Kier alpha value is -1.02. The quantitative estimate of drug-likeness (QED) is 0.848. The second-order valence-electron chi connectivity index (χ2n) is 6.32. The van der Waals surface area contributed by atoms with Gasteiger partial charge in [-0.3, -0.25) is 0 Å². The molecule has 17 heavy (non-hydrogen) atoms. The molecular weight excluding hydrogens is 208 g/mol. The van der Waals surface area contributed by atoms with Gasteiger partial charge in [0.05, 0.1) is 0 Å². The third-order valence-corrected chi connectivity index (χ3v) is 3.87. The molecule has 1 aromatic carbocycles. The molecule has 2 heteroatoms. The van der Waals surface area contributed by atoms with Crippen molar-refractivity contribution in [1.29, 1.82) is 0 Å². The fourth-order valence-electron chi connectivity index (χ4n) is 2.38. The highest BCUT2D eigenvalue weighted by Gasteiger charge is 2.36. The first-order valence-corrected chi connectivity index (χ1v) is 6.49. The molecule has 1 aliphatic heterocycles. The van der Waals surface area contributed by atoms with Crippen LogP contribution in [0.2, 0.25) is 0 Å². The first-order valence-electron chi connectivity index (χ1n) is 6.49. The van der Waals surface area contributed by atoms with Crippen molar-refractivity contribution in [2.75, 3.05) is 18.0 Å². The van der Waals surface area contributed by atoms with E-state index in [1.54, 1.807) is 0 Å². The minimum atomic E-state index is 0.111. The van der Waals surface area contributed by atoms with Gasteiger partial charge in [-0.1, -0.05) is 39.0 Å². The number of benzene rings is 1. The summed E-state index contributed by atoms with van der Waals surface area (Å²) in [4.78, 5) is 2.45. The molecule has 0 radical (unpaired) electrons. The largest absolute Gasteiger partial charge is 0.371 e. The zero-order valence-electron chi connectivity index (χ0n) is 11.4. The predicted molar refractivity (Wildman–Crippen MR) is 74.2 cm³/mol. The molecule has 1 atom stereocenters. The van der Waals surface area contributed by atoms with Gasteiger partial charge in [0, 0.05) is 24.8 Å². The van der Waals surface area contributed by atoms with Crippen molar-refractivity contribution >= 4 is 5.69 Å². The zero-order chi connectivity index (χ0) is 12.6. The van der Waals surface area contributed by atoms with Gasteiger partial charge in [-0.15, -0.1) is 0 Å². The van der Waals surface area contributed by atoms with Crippen molar-refractivity contribution < 1.29 is 0 Å². The molecule has 2 N–H and O–H groups in total. The van der Waals surface area contributed by atoms with Gasteiger partial charge in [-0.25, -0.2) is 0 Å². The van der Waals surface area contributed by atoms with E-state index in [1.165, 1.54) is 11.3 Å². The van der Waals surface area contributed by atoms with E-state index in [1.807, 2.05) is 0 Å². The van der Waals surface area contributed by atoms with Crippen molar-refractivity contribution in [3.05, 3.63) is 29.8 Å². The van der Waals surface area contributed by atoms with Crippen LogP contribution in [0.3, 0.4) is 0 Å². The molecule has 1 unspecified atom stereocenters. The summed E-state index contributed by atoms with van der Waals surface area (Å²) in [6.45, 7) is 11.4. The Morgan fingerprint density at radius 3 is 2.35 bits per heavy atom. The summed E-state index contributed by atoms with van der Waals surface area (Å²) < 4.78 is 0. The number of anilines is 1. The van der Waals surface area contributed by atoms with Crippen LogP contribution in [-0.4, -0.2) is 13.1 Å². The van der Waals surface area contributed by atoms with Gasteiger partial charge in [0.2, 0.25) is 0 Å². The summed E-state index contributed by atoms with van der Waals surface area (Å²) in [5.41, 5.74) is 9.03.